The Kier molecular flexibility index (Phi) is 3.51. The quantitative estimate of drug-likeness (QED) is 0.639. The Morgan fingerprint density at radius 3 is 2.71 bits per heavy atom. The molecule has 4 nitrogen and oxygen atoms in total. The van der Waals surface area contributed by atoms with E-state index in [1.165, 1.54) is 12.1 Å². The van der Waals surface area contributed by atoms with Gasteiger partial charge in [0.25, 0.3) is 0 Å². The van der Waals surface area contributed by atoms with Gasteiger partial charge in [0.2, 0.25) is 0 Å². The van der Waals surface area contributed by atoms with Crippen LogP contribution in [0.5, 0.6) is 5.75 Å². The molecular weight excluding hydrogens is 181 g/mol. The van der Waals surface area contributed by atoms with Crippen molar-refractivity contribution < 1.29 is 14.8 Å². The van der Waals surface area contributed by atoms with Crippen LogP contribution in [0.3, 0.4) is 0 Å². The van der Waals surface area contributed by atoms with Crippen LogP contribution in [0, 0.1) is 11.3 Å². The van der Waals surface area contributed by atoms with Crippen molar-refractivity contribution in [3.8, 4) is 11.8 Å². The Morgan fingerprint density at radius 2 is 2.21 bits per heavy atom. The zero-order valence-electron chi connectivity index (χ0n) is 7.77. The molecule has 0 unspecified atom stereocenters. The minimum atomic E-state index is -1.56. The Labute approximate surface area is 82.5 Å². The summed E-state index contributed by atoms with van der Waals surface area (Å²) in [4.78, 5) is 0. The molecule has 0 spiro atoms. The Bertz CT molecular complexity index is 360. The van der Waals surface area contributed by atoms with Crippen molar-refractivity contribution >= 4 is 12.6 Å². The molecule has 2 N–H and O–H groups in total. The smallest absolute Gasteiger partial charge is 0.488 e. The molecule has 0 aliphatic heterocycles. The third-order valence-corrected chi connectivity index (χ3v) is 1.72. The first-order valence-electron chi connectivity index (χ1n) is 4.22. The topological polar surface area (TPSA) is 73.5 Å². The highest BCUT2D eigenvalue weighted by molar-refractivity contribution is 6.58. The molecule has 0 fully saturated rings. The number of benzene rings is 1. The maximum atomic E-state index is 8.87. The molecule has 14 heavy (non-hydrogen) atoms. The zero-order valence-corrected chi connectivity index (χ0v) is 7.77. The molecule has 0 atom stereocenters. The first kappa shape index (κ1) is 10.6. The molecule has 5 heteroatoms. The molecule has 1 aromatic carbocycles. The van der Waals surface area contributed by atoms with E-state index in [2.05, 4.69) is 0 Å². The fraction of sp³-hybridized carbons (Fsp3) is 0.222. The van der Waals surface area contributed by atoms with E-state index >= 15 is 0 Å². The highest BCUT2D eigenvalue weighted by Gasteiger charge is 2.13. The molecule has 0 bridgehead atoms. The molecule has 0 saturated carbocycles. The second kappa shape index (κ2) is 4.65. The fourth-order valence-corrected chi connectivity index (χ4v) is 1.08. The lowest BCUT2D eigenvalue weighted by Crippen LogP contribution is -2.29. The summed E-state index contributed by atoms with van der Waals surface area (Å²) in [6.07, 6.45) is 0. The third-order valence-electron chi connectivity index (χ3n) is 1.72. The highest BCUT2D eigenvalue weighted by Crippen LogP contribution is 2.15. The van der Waals surface area contributed by atoms with Crippen molar-refractivity contribution in [2.75, 3.05) is 6.61 Å². The van der Waals surface area contributed by atoms with Gasteiger partial charge in [-0.3, -0.25) is 0 Å². The number of hydrogen-bond donors (Lipinski definition) is 2. The van der Waals surface area contributed by atoms with E-state index < -0.39 is 7.12 Å². The molecule has 1 aromatic rings. The van der Waals surface area contributed by atoms with Gasteiger partial charge in [0.15, 0.2) is 0 Å². The molecule has 0 aliphatic carbocycles. The monoisotopic (exact) mass is 191 g/mol. The summed E-state index contributed by atoms with van der Waals surface area (Å²) in [6.45, 7) is 2.28. The highest BCUT2D eigenvalue weighted by atomic mass is 16.5. The summed E-state index contributed by atoms with van der Waals surface area (Å²) in [5.74, 6) is 0.458. The van der Waals surface area contributed by atoms with Crippen LogP contribution in [0.2, 0.25) is 0 Å². The van der Waals surface area contributed by atoms with E-state index in [0.29, 0.717) is 17.9 Å². The summed E-state index contributed by atoms with van der Waals surface area (Å²) in [7, 11) is -1.56. The van der Waals surface area contributed by atoms with Gasteiger partial charge in [0.05, 0.1) is 12.2 Å². The Hall–Kier alpha value is -1.51. The summed E-state index contributed by atoms with van der Waals surface area (Å²) in [6, 6.07) is 6.39. The van der Waals surface area contributed by atoms with Crippen LogP contribution in [0.1, 0.15) is 12.5 Å². The van der Waals surface area contributed by atoms with Gasteiger partial charge in [-0.15, -0.1) is 0 Å². The standard InChI is InChI=1S/C9H10BNO3/c1-2-14-9-4-3-8(10(12)13)5-7(9)6-11/h3-5,12-13H,2H2,1H3. The number of nitrogens with zero attached hydrogens (tertiary/aromatic N) is 1. The largest absolute Gasteiger partial charge is 0.492 e. The third kappa shape index (κ3) is 2.25. The first-order valence-corrected chi connectivity index (χ1v) is 4.22. The van der Waals surface area contributed by atoms with Gasteiger partial charge in [-0.05, 0) is 24.5 Å². The molecule has 0 saturated heterocycles. The van der Waals surface area contributed by atoms with Crippen molar-refractivity contribution in [2.24, 2.45) is 0 Å². The lowest BCUT2D eigenvalue weighted by molar-refractivity contribution is 0.339. The molecule has 0 amide bonds. The second-order valence-electron chi connectivity index (χ2n) is 2.67. The Morgan fingerprint density at radius 1 is 1.50 bits per heavy atom. The minimum absolute atomic E-state index is 0.282. The van der Waals surface area contributed by atoms with Crippen molar-refractivity contribution in [1.29, 1.82) is 5.26 Å². The number of rotatable bonds is 3. The van der Waals surface area contributed by atoms with Gasteiger partial charge in [0, 0.05) is 0 Å². The van der Waals surface area contributed by atoms with Crippen LogP contribution < -0.4 is 10.2 Å². The van der Waals surface area contributed by atoms with E-state index in [1.807, 2.05) is 13.0 Å². The van der Waals surface area contributed by atoms with Crippen LogP contribution >= 0.6 is 0 Å². The molecule has 0 aromatic heterocycles. The molecule has 1 rings (SSSR count). The average Bonchev–Trinajstić information content (AvgIpc) is 2.18. The van der Waals surface area contributed by atoms with Gasteiger partial charge in [-0.1, -0.05) is 6.07 Å². The van der Waals surface area contributed by atoms with Gasteiger partial charge in [-0.25, -0.2) is 0 Å². The lowest BCUT2D eigenvalue weighted by atomic mass is 9.79. The van der Waals surface area contributed by atoms with E-state index in [1.54, 1.807) is 6.07 Å². The summed E-state index contributed by atoms with van der Waals surface area (Å²) >= 11 is 0. The molecule has 72 valence electrons. The first-order chi connectivity index (χ1) is 6.69. The van der Waals surface area contributed by atoms with Crippen molar-refractivity contribution in [3.05, 3.63) is 23.8 Å². The molecule has 0 aliphatic rings. The van der Waals surface area contributed by atoms with E-state index in [0.717, 1.165) is 0 Å². The van der Waals surface area contributed by atoms with Gasteiger partial charge < -0.3 is 14.8 Å². The maximum absolute atomic E-state index is 8.87. The van der Waals surface area contributed by atoms with E-state index in [9.17, 15) is 0 Å². The van der Waals surface area contributed by atoms with Crippen LogP contribution in [0.15, 0.2) is 18.2 Å². The predicted octanol–water partition coefficient (Wildman–Crippen LogP) is -0.363. The summed E-state index contributed by atoms with van der Waals surface area (Å²) < 4.78 is 5.18. The fourth-order valence-electron chi connectivity index (χ4n) is 1.08. The lowest BCUT2D eigenvalue weighted by Gasteiger charge is -2.06. The van der Waals surface area contributed by atoms with E-state index in [4.69, 9.17) is 20.0 Å². The van der Waals surface area contributed by atoms with Crippen molar-refractivity contribution in [1.82, 2.24) is 0 Å². The number of nitriles is 1. The van der Waals surface area contributed by atoms with E-state index in [-0.39, 0.29) is 5.46 Å². The van der Waals surface area contributed by atoms with Crippen LogP contribution in [0.25, 0.3) is 0 Å². The summed E-state index contributed by atoms with van der Waals surface area (Å²) in [5.41, 5.74) is 0.586. The van der Waals surface area contributed by atoms with Crippen molar-refractivity contribution in [2.45, 2.75) is 6.92 Å². The zero-order chi connectivity index (χ0) is 10.6. The Balaban J connectivity index is 3.07. The summed E-state index contributed by atoms with van der Waals surface area (Å²) in [5, 5.41) is 26.5. The SMILES string of the molecule is CCOc1ccc(B(O)O)cc1C#N. The van der Waals surface area contributed by atoms with Gasteiger partial charge >= 0.3 is 7.12 Å². The van der Waals surface area contributed by atoms with Crippen LogP contribution in [-0.2, 0) is 0 Å². The maximum Gasteiger partial charge on any atom is 0.488 e. The van der Waals surface area contributed by atoms with Gasteiger partial charge in [-0.2, -0.15) is 5.26 Å². The molecular formula is C9H10BNO3. The van der Waals surface area contributed by atoms with Crippen LogP contribution in [0.4, 0.5) is 0 Å². The molecule has 0 heterocycles. The van der Waals surface area contributed by atoms with Gasteiger partial charge in [0.1, 0.15) is 11.8 Å². The normalized spacial score (nSPS) is 9.29. The van der Waals surface area contributed by atoms with Crippen LogP contribution in [-0.4, -0.2) is 23.8 Å². The number of hydrogen-bond acceptors (Lipinski definition) is 4. The second-order valence-corrected chi connectivity index (χ2v) is 2.67. The average molecular weight is 191 g/mol. The number of ether oxygens (including phenoxy) is 1. The molecule has 0 radical (unpaired) electrons. The predicted molar refractivity (Wildman–Crippen MR) is 52.2 cm³/mol. The minimum Gasteiger partial charge on any atom is -0.492 e. The van der Waals surface area contributed by atoms with Crippen molar-refractivity contribution in [3.63, 3.8) is 0 Å².